The number of nitrogens with zero attached hydrogens (tertiary/aromatic N) is 2. The van der Waals surface area contributed by atoms with Crippen molar-refractivity contribution in [3.05, 3.63) is 34.9 Å². The molecule has 1 aliphatic rings. The number of aromatic nitrogens is 3. The van der Waals surface area contributed by atoms with Crippen LogP contribution in [0.5, 0.6) is 0 Å². The maximum atomic E-state index is 12.2. The van der Waals surface area contributed by atoms with Crippen LogP contribution < -0.4 is 5.32 Å². The standard InChI is InChI=1S/C17H22N4O2S/c1-12-19-20-17(24)21(12)14-6-4-5-13(11-14)18-16(22)9-8-15-7-2-3-10-23-15/h4-6,11,15H,2-3,7-10H2,1H3,(H,18,22)(H,20,24). The lowest BCUT2D eigenvalue weighted by atomic mass is 10.0. The van der Waals surface area contributed by atoms with Crippen molar-refractivity contribution in [2.45, 2.75) is 45.1 Å². The van der Waals surface area contributed by atoms with Gasteiger partial charge in [-0.25, -0.2) is 0 Å². The van der Waals surface area contributed by atoms with Gasteiger partial charge in [-0.3, -0.25) is 14.5 Å². The summed E-state index contributed by atoms with van der Waals surface area (Å²) >= 11 is 5.24. The van der Waals surface area contributed by atoms with Gasteiger partial charge in [0.2, 0.25) is 5.91 Å². The quantitative estimate of drug-likeness (QED) is 0.813. The Labute approximate surface area is 146 Å². The average Bonchev–Trinajstić information content (AvgIpc) is 2.93. The largest absolute Gasteiger partial charge is 0.378 e. The van der Waals surface area contributed by atoms with Gasteiger partial charge in [0.25, 0.3) is 0 Å². The molecule has 2 N–H and O–H groups in total. The Kier molecular flexibility index (Phi) is 5.42. The van der Waals surface area contributed by atoms with Crippen molar-refractivity contribution in [3.8, 4) is 5.69 Å². The number of anilines is 1. The van der Waals surface area contributed by atoms with Crippen LogP contribution in [0.25, 0.3) is 5.69 Å². The molecular formula is C17H22N4O2S. The van der Waals surface area contributed by atoms with E-state index in [0.29, 0.717) is 11.2 Å². The fourth-order valence-electron chi connectivity index (χ4n) is 2.95. The number of nitrogens with one attached hydrogen (secondary N) is 2. The SMILES string of the molecule is Cc1n[nH]c(=S)n1-c1cccc(NC(=O)CCC2CCCCO2)c1. The molecule has 24 heavy (non-hydrogen) atoms. The molecule has 1 aliphatic heterocycles. The molecule has 1 fully saturated rings. The van der Waals surface area contributed by atoms with Gasteiger partial charge in [-0.1, -0.05) is 6.07 Å². The number of carbonyl (C=O) groups is 1. The molecule has 0 spiro atoms. The number of hydrogen-bond acceptors (Lipinski definition) is 4. The molecule has 2 aromatic rings. The number of benzene rings is 1. The molecule has 1 unspecified atom stereocenters. The van der Waals surface area contributed by atoms with Gasteiger partial charge in [0.05, 0.1) is 11.8 Å². The second kappa shape index (κ2) is 7.72. The zero-order chi connectivity index (χ0) is 16.9. The minimum atomic E-state index is 0.00818. The van der Waals surface area contributed by atoms with E-state index in [9.17, 15) is 4.79 Å². The maximum Gasteiger partial charge on any atom is 0.224 e. The first kappa shape index (κ1) is 16.9. The van der Waals surface area contributed by atoms with Gasteiger partial charge in [0.1, 0.15) is 5.82 Å². The summed E-state index contributed by atoms with van der Waals surface area (Å²) in [5.74, 6) is 0.784. The monoisotopic (exact) mass is 346 g/mol. The van der Waals surface area contributed by atoms with Crippen LogP contribution in [0.1, 0.15) is 37.9 Å². The lowest BCUT2D eigenvalue weighted by Crippen LogP contribution is -2.21. The summed E-state index contributed by atoms with van der Waals surface area (Å²) in [5, 5.41) is 9.83. The molecule has 7 heteroatoms. The summed E-state index contributed by atoms with van der Waals surface area (Å²) in [6.07, 6.45) is 4.85. The number of hydrogen-bond donors (Lipinski definition) is 2. The minimum Gasteiger partial charge on any atom is -0.378 e. The fourth-order valence-corrected chi connectivity index (χ4v) is 3.24. The molecule has 0 saturated carbocycles. The van der Waals surface area contributed by atoms with E-state index in [2.05, 4.69) is 15.5 Å². The summed E-state index contributed by atoms with van der Waals surface area (Å²) in [6, 6.07) is 7.60. The van der Waals surface area contributed by atoms with E-state index < -0.39 is 0 Å². The van der Waals surface area contributed by atoms with Crippen LogP contribution in [0.2, 0.25) is 0 Å². The van der Waals surface area contributed by atoms with E-state index in [1.165, 1.54) is 6.42 Å². The number of aromatic amines is 1. The second-order valence-electron chi connectivity index (χ2n) is 6.04. The van der Waals surface area contributed by atoms with Crippen molar-refractivity contribution >= 4 is 23.8 Å². The Morgan fingerprint density at radius 1 is 1.50 bits per heavy atom. The van der Waals surface area contributed by atoms with Gasteiger partial charge in [-0.05, 0) is 63.0 Å². The molecule has 3 rings (SSSR count). The van der Waals surface area contributed by atoms with Crippen molar-refractivity contribution in [1.82, 2.24) is 14.8 Å². The van der Waals surface area contributed by atoms with Gasteiger partial charge in [-0.15, -0.1) is 0 Å². The van der Waals surface area contributed by atoms with Crippen molar-refractivity contribution in [2.75, 3.05) is 11.9 Å². The number of aryl methyl sites for hydroxylation is 1. The van der Waals surface area contributed by atoms with Crippen molar-refractivity contribution in [2.24, 2.45) is 0 Å². The smallest absolute Gasteiger partial charge is 0.224 e. The van der Waals surface area contributed by atoms with Crippen molar-refractivity contribution in [3.63, 3.8) is 0 Å². The first-order valence-corrected chi connectivity index (χ1v) is 8.70. The van der Waals surface area contributed by atoms with Crippen LogP contribution >= 0.6 is 12.2 Å². The van der Waals surface area contributed by atoms with Crippen molar-refractivity contribution in [1.29, 1.82) is 0 Å². The Balaban J connectivity index is 1.62. The van der Waals surface area contributed by atoms with E-state index >= 15 is 0 Å². The highest BCUT2D eigenvalue weighted by molar-refractivity contribution is 7.71. The average molecular weight is 346 g/mol. The summed E-state index contributed by atoms with van der Waals surface area (Å²) in [4.78, 5) is 12.2. The van der Waals surface area contributed by atoms with E-state index in [1.807, 2.05) is 35.8 Å². The third kappa shape index (κ3) is 4.10. The molecule has 1 saturated heterocycles. The normalized spacial score (nSPS) is 17.6. The predicted molar refractivity (Wildman–Crippen MR) is 94.9 cm³/mol. The van der Waals surface area contributed by atoms with E-state index in [-0.39, 0.29) is 12.0 Å². The molecular weight excluding hydrogens is 324 g/mol. The third-order valence-electron chi connectivity index (χ3n) is 4.20. The summed E-state index contributed by atoms with van der Waals surface area (Å²) < 4.78 is 8.03. The van der Waals surface area contributed by atoms with Gasteiger partial charge in [0.15, 0.2) is 4.77 Å². The predicted octanol–water partition coefficient (Wildman–Crippen LogP) is 3.53. The first-order valence-electron chi connectivity index (χ1n) is 8.29. The zero-order valence-electron chi connectivity index (χ0n) is 13.7. The highest BCUT2D eigenvalue weighted by atomic mass is 32.1. The van der Waals surface area contributed by atoms with Gasteiger partial charge in [-0.2, -0.15) is 5.10 Å². The summed E-state index contributed by atoms with van der Waals surface area (Å²) in [7, 11) is 0. The van der Waals surface area contributed by atoms with Gasteiger partial charge < -0.3 is 10.1 Å². The van der Waals surface area contributed by atoms with Crippen LogP contribution in [0.15, 0.2) is 24.3 Å². The Hall–Kier alpha value is -1.99. The molecule has 1 amide bonds. The zero-order valence-corrected chi connectivity index (χ0v) is 14.6. The minimum absolute atomic E-state index is 0.00818. The van der Waals surface area contributed by atoms with E-state index in [0.717, 1.165) is 43.1 Å². The number of rotatable bonds is 5. The van der Waals surface area contributed by atoms with Crippen LogP contribution in [-0.2, 0) is 9.53 Å². The van der Waals surface area contributed by atoms with Crippen molar-refractivity contribution < 1.29 is 9.53 Å². The molecule has 0 aliphatic carbocycles. The molecule has 1 atom stereocenters. The summed E-state index contributed by atoms with van der Waals surface area (Å²) in [6.45, 7) is 2.70. The molecule has 6 nitrogen and oxygen atoms in total. The fraction of sp³-hybridized carbons (Fsp3) is 0.471. The number of amides is 1. The van der Waals surface area contributed by atoms with Crippen LogP contribution in [0, 0.1) is 11.7 Å². The Morgan fingerprint density at radius 3 is 3.08 bits per heavy atom. The molecule has 0 radical (unpaired) electrons. The highest BCUT2D eigenvalue weighted by Crippen LogP contribution is 2.19. The maximum absolute atomic E-state index is 12.2. The Morgan fingerprint density at radius 2 is 2.38 bits per heavy atom. The second-order valence-corrected chi connectivity index (χ2v) is 6.42. The number of ether oxygens (including phenoxy) is 1. The van der Waals surface area contributed by atoms with E-state index in [1.54, 1.807) is 0 Å². The molecule has 1 aromatic heterocycles. The number of carbonyl (C=O) groups excluding carboxylic acids is 1. The lowest BCUT2D eigenvalue weighted by Gasteiger charge is -2.22. The number of H-pyrrole nitrogens is 1. The van der Waals surface area contributed by atoms with E-state index in [4.69, 9.17) is 17.0 Å². The molecule has 0 bridgehead atoms. The van der Waals surface area contributed by atoms with Crippen LogP contribution in [-0.4, -0.2) is 33.4 Å². The Bertz CT molecular complexity index is 762. The molecule has 128 valence electrons. The molecule has 1 aromatic carbocycles. The topological polar surface area (TPSA) is 71.9 Å². The highest BCUT2D eigenvalue weighted by Gasteiger charge is 2.15. The molecule has 2 heterocycles. The first-order chi connectivity index (χ1) is 11.6. The third-order valence-corrected chi connectivity index (χ3v) is 4.47. The lowest BCUT2D eigenvalue weighted by molar-refractivity contribution is -0.117. The van der Waals surface area contributed by atoms with Crippen LogP contribution in [0.4, 0.5) is 5.69 Å². The van der Waals surface area contributed by atoms with Crippen LogP contribution in [0.3, 0.4) is 0 Å². The van der Waals surface area contributed by atoms with Gasteiger partial charge >= 0.3 is 0 Å². The summed E-state index contributed by atoms with van der Waals surface area (Å²) in [5.41, 5.74) is 1.63. The van der Waals surface area contributed by atoms with Gasteiger partial charge in [0, 0.05) is 18.7 Å².